The first-order valence-corrected chi connectivity index (χ1v) is 7.02. The molecule has 19 heavy (non-hydrogen) atoms. The second-order valence-corrected chi connectivity index (χ2v) is 5.24. The maximum atomic E-state index is 10.7. The molecule has 0 aliphatic carbocycles. The van der Waals surface area contributed by atoms with Crippen molar-refractivity contribution in [2.45, 2.75) is 25.9 Å². The third-order valence-electron chi connectivity index (χ3n) is 2.83. The number of pyridine rings is 1. The van der Waals surface area contributed by atoms with Crippen LogP contribution in [0.3, 0.4) is 0 Å². The van der Waals surface area contributed by atoms with Gasteiger partial charge in [-0.1, -0.05) is 0 Å². The second-order valence-electron chi connectivity index (χ2n) is 4.46. The van der Waals surface area contributed by atoms with Crippen molar-refractivity contribution < 1.29 is 9.90 Å². The predicted molar refractivity (Wildman–Crippen MR) is 75.5 cm³/mol. The van der Waals surface area contributed by atoms with Gasteiger partial charge >= 0.3 is 5.97 Å². The molecule has 2 heterocycles. The van der Waals surface area contributed by atoms with Crippen molar-refractivity contribution in [1.29, 1.82) is 0 Å². The minimum absolute atomic E-state index is 0.218. The van der Waals surface area contributed by atoms with E-state index in [1.165, 1.54) is 11.8 Å². The van der Waals surface area contributed by atoms with Gasteiger partial charge in [0.15, 0.2) is 0 Å². The Morgan fingerprint density at radius 2 is 2.32 bits per heavy atom. The number of hydrogen-bond acceptors (Lipinski definition) is 4. The molecule has 1 atom stereocenters. The third-order valence-corrected chi connectivity index (χ3v) is 3.56. The van der Waals surface area contributed by atoms with E-state index in [9.17, 15) is 4.79 Å². The predicted octanol–water partition coefficient (Wildman–Crippen LogP) is 2.56. The van der Waals surface area contributed by atoms with Gasteiger partial charge in [-0.2, -0.15) is 11.3 Å². The molecule has 100 valence electrons. The zero-order valence-electron chi connectivity index (χ0n) is 10.7. The molecule has 5 heteroatoms. The van der Waals surface area contributed by atoms with Crippen LogP contribution in [-0.4, -0.2) is 22.1 Å². The Balaban J connectivity index is 1.83. The molecule has 0 aliphatic rings. The Hall–Kier alpha value is -1.72. The zero-order valence-corrected chi connectivity index (χ0v) is 11.5. The fraction of sp³-hybridized carbons (Fsp3) is 0.286. The first-order chi connectivity index (χ1) is 9.15. The first kappa shape index (κ1) is 13.7. The standard InChI is InChI=1S/C14H16N2O2S/c1-10(6-11-4-5-19-9-11)15-8-13-3-2-12(7-16-13)14(17)18/h2-5,7,9-10,15H,6,8H2,1H3,(H,17,18). The van der Waals surface area contributed by atoms with Crippen LogP contribution in [0.15, 0.2) is 35.2 Å². The van der Waals surface area contributed by atoms with E-state index in [4.69, 9.17) is 5.11 Å². The van der Waals surface area contributed by atoms with Crippen LogP contribution in [-0.2, 0) is 13.0 Å². The van der Waals surface area contributed by atoms with Gasteiger partial charge in [-0.25, -0.2) is 4.79 Å². The molecular weight excluding hydrogens is 260 g/mol. The lowest BCUT2D eigenvalue weighted by Gasteiger charge is -2.12. The molecule has 2 rings (SSSR count). The van der Waals surface area contributed by atoms with E-state index in [-0.39, 0.29) is 5.56 Å². The highest BCUT2D eigenvalue weighted by Crippen LogP contribution is 2.09. The summed E-state index contributed by atoms with van der Waals surface area (Å²) in [6, 6.07) is 5.81. The summed E-state index contributed by atoms with van der Waals surface area (Å²) in [5.74, 6) is -0.946. The highest BCUT2D eigenvalue weighted by atomic mass is 32.1. The highest BCUT2D eigenvalue weighted by Gasteiger charge is 2.06. The van der Waals surface area contributed by atoms with E-state index >= 15 is 0 Å². The number of nitrogens with one attached hydrogen (secondary N) is 1. The monoisotopic (exact) mass is 276 g/mol. The van der Waals surface area contributed by atoms with Crippen LogP contribution >= 0.6 is 11.3 Å². The summed E-state index contributed by atoms with van der Waals surface area (Å²) in [7, 11) is 0. The van der Waals surface area contributed by atoms with Crippen LogP contribution in [0.1, 0.15) is 28.5 Å². The quantitative estimate of drug-likeness (QED) is 0.851. The molecule has 2 aromatic heterocycles. The summed E-state index contributed by atoms with van der Waals surface area (Å²) < 4.78 is 0. The highest BCUT2D eigenvalue weighted by molar-refractivity contribution is 7.07. The van der Waals surface area contributed by atoms with E-state index < -0.39 is 5.97 Å². The van der Waals surface area contributed by atoms with Crippen LogP contribution < -0.4 is 5.32 Å². The van der Waals surface area contributed by atoms with Crippen LogP contribution in [0.25, 0.3) is 0 Å². The first-order valence-electron chi connectivity index (χ1n) is 6.08. The summed E-state index contributed by atoms with van der Waals surface area (Å²) in [6.45, 7) is 2.77. The largest absolute Gasteiger partial charge is 0.478 e. The van der Waals surface area contributed by atoms with Gasteiger partial charge in [0.1, 0.15) is 0 Å². The van der Waals surface area contributed by atoms with Crippen molar-refractivity contribution in [3.63, 3.8) is 0 Å². The molecule has 1 unspecified atom stereocenters. The molecule has 0 spiro atoms. The number of hydrogen-bond donors (Lipinski definition) is 2. The van der Waals surface area contributed by atoms with Gasteiger partial charge in [-0.05, 0) is 47.9 Å². The van der Waals surface area contributed by atoms with Crippen LogP contribution in [0.4, 0.5) is 0 Å². The Kier molecular flexibility index (Phi) is 4.65. The molecule has 0 radical (unpaired) electrons. The van der Waals surface area contributed by atoms with E-state index in [2.05, 4.69) is 34.1 Å². The van der Waals surface area contributed by atoms with Crippen LogP contribution in [0.5, 0.6) is 0 Å². The summed E-state index contributed by atoms with van der Waals surface area (Å²) in [4.78, 5) is 14.8. The van der Waals surface area contributed by atoms with Gasteiger partial charge in [-0.3, -0.25) is 4.98 Å². The summed E-state index contributed by atoms with van der Waals surface area (Å²) >= 11 is 1.70. The lowest BCUT2D eigenvalue weighted by Crippen LogP contribution is -2.27. The van der Waals surface area contributed by atoms with Gasteiger partial charge in [-0.15, -0.1) is 0 Å². The van der Waals surface area contributed by atoms with E-state index in [0.29, 0.717) is 12.6 Å². The molecule has 0 saturated carbocycles. The van der Waals surface area contributed by atoms with Crippen molar-refractivity contribution >= 4 is 17.3 Å². The number of carbonyl (C=O) groups is 1. The van der Waals surface area contributed by atoms with Crippen molar-refractivity contribution in [2.24, 2.45) is 0 Å². The van der Waals surface area contributed by atoms with Crippen LogP contribution in [0.2, 0.25) is 0 Å². The molecule has 0 bridgehead atoms. The molecule has 0 aromatic carbocycles. The maximum Gasteiger partial charge on any atom is 0.337 e. The van der Waals surface area contributed by atoms with E-state index in [0.717, 1.165) is 12.1 Å². The number of thiophene rings is 1. The zero-order chi connectivity index (χ0) is 13.7. The van der Waals surface area contributed by atoms with Crippen molar-refractivity contribution in [1.82, 2.24) is 10.3 Å². The van der Waals surface area contributed by atoms with Gasteiger partial charge in [0, 0.05) is 18.8 Å². The van der Waals surface area contributed by atoms with Gasteiger partial charge in [0.2, 0.25) is 0 Å². The summed E-state index contributed by atoms with van der Waals surface area (Å²) in [5.41, 5.74) is 2.40. The maximum absolute atomic E-state index is 10.7. The minimum Gasteiger partial charge on any atom is -0.478 e. The Morgan fingerprint density at radius 1 is 1.47 bits per heavy atom. The van der Waals surface area contributed by atoms with Crippen molar-refractivity contribution in [3.8, 4) is 0 Å². The number of carboxylic acids is 1. The fourth-order valence-electron chi connectivity index (χ4n) is 1.77. The molecule has 0 aliphatic heterocycles. The van der Waals surface area contributed by atoms with Gasteiger partial charge < -0.3 is 10.4 Å². The number of nitrogens with zero attached hydrogens (tertiary/aromatic N) is 1. The lowest BCUT2D eigenvalue weighted by atomic mass is 10.1. The molecule has 0 amide bonds. The van der Waals surface area contributed by atoms with Crippen LogP contribution in [0, 0.1) is 0 Å². The third kappa shape index (κ3) is 4.15. The smallest absolute Gasteiger partial charge is 0.337 e. The molecule has 2 N–H and O–H groups in total. The lowest BCUT2D eigenvalue weighted by molar-refractivity contribution is 0.0696. The molecule has 4 nitrogen and oxygen atoms in total. The fourth-order valence-corrected chi connectivity index (χ4v) is 2.45. The number of carboxylic acid groups (broad SMARTS) is 1. The molecular formula is C14H16N2O2S. The Labute approximate surface area is 116 Å². The van der Waals surface area contributed by atoms with Gasteiger partial charge in [0.25, 0.3) is 0 Å². The van der Waals surface area contributed by atoms with E-state index in [1.54, 1.807) is 23.5 Å². The van der Waals surface area contributed by atoms with E-state index in [1.807, 2.05) is 0 Å². The SMILES string of the molecule is CC(Cc1ccsc1)NCc1ccc(C(=O)O)cn1. The number of aromatic carboxylic acids is 1. The average Bonchev–Trinajstić information content (AvgIpc) is 2.89. The summed E-state index contributed by atoms with van der Waals surface area (Å²) in [5, 5.41) is 16.4. The Morgan fingerprint density at radius 3 is 2.89 bits per heavy atom. The minimum atomic E-state index is -0.946. The normalized spacial score (nSPS) is 12.3. The topological polar surface area (TPSA) is 62.2 Å². The van der Waals surface area contributed by atoms with Crippen molar-refractivity contribution in [2.75, 3.05) is 0 Å². The number of aromatic nitrogens is 1. The molecule has 2 aromatic rings. The van der Waals surface area contributed by atoms with Gasteiger partial charge in [0.05, 0.1) is 11.3 Å². The molecule has 0 saturated heterocycles. The molecule has 0 fully saturated rings. The number of rotatable bonds is 6. The second kappa shape index (κ2) is 6.45. The average molecular weight is 276 g/mol. The van der Waals surface area contributed by atoms with Crippen molar-refractivity contribution in [3.05, 3.63) is 52.0 Å². The Bertz CT molecular complexity index is 523. The summed E-state index contributed by atoms with van der Waals surface area (Å²) in [6.07, 6.45) is 2.37.